The van der Waals surface area contributed by atoms with Crippen LogP contribution in [0.25, 0.3) is 0 Å². The summed E-state index contributed by atoms with van der Waals surface area (Å²) >= 11 is 0. The van der Waals surface area contributed by atoms with Crippen molar-refractivity contribution in [2.75, 3.05) is 13.6 Å². The van der Waals surface area contributed by atoms with E-state index in [-0.39, 0.29) is 0 Å². The van der Waals surface area contributed by atoms with Gasteiger partial charge < -0.3 is 4.90 Å². The highest BCUT2D eigenvalue weighted by atomic mass is 15.1. The molecule has 0 unspecified atom stereocenters. The molecule has 1 aromatic carbocycles. The van der Waals surface area contributed by atoms with E-state index in [0.717, 1.165) is 13.1 Å². The third-order valence-corrected chi connectivity index (χ3v) is 3.36. The van der Waals surface area contributed by atoms with Gasteiger partial charge in [-0.3, -0.25) is 0 Å². The minimum absolute atomic E-state index is 0.394. The van der Waals surface area contributed by atoms with E-state index in [9.17, 15) is 0 Å². The molecular weight excluding hydrogens is 194 g/mol. The summed E-state index contributed by atoms with van der Waals surface area (Å²) in [6, 6.07) is 10.7. The Morgan fingerprint density at radius 1 is 1.12 bits per heavy atom. The van der Waals surface area contributed by atoms with Gasteiger partial charge in [0.25, 0.3) is 0 Å². The molecular formula is C15H25N. The van der Waals surface area contributed by atoms with E-state index < -0.39 is 0 Å². The monoisotopic (exact) mass is 219 g/mol. The van der Waals surface area contributed by atoms with E-state index >= 15 is 0 Å². The zero-order valence-electron chi connectivity index (χ0n) is 11.3. The van der Waals surface area contributed by atoms with Crippen LogP contribution in [-0.2, 0) is 6.54 Å². The molecule has 90 valence electrons. The maximum absolute atomic E-state index is 2.41. The van der Waals surface area contributed by atoms with Crippen molar-refractivity contribution in [2.45, 2.75) is 34.2 Å². The fourth-order valence-electron chi connectivity index (χ4n) is 1.70. The Labute approximate surface area is 100 Å². The van der Waals surface area contributed by atoms with Gasteiger partial charge in [0.1, 0.15) is 0 Å². The molecule has 0 aliphatic heterocycles. The standard InChI is InChI=1S/C15H25N/c1-13(15(2,3)4)11-16(5)12-14-9-7-6-8-10-14/h6-10,13H,11-12H2,1-5H3/t13-/m0/s1. The highest BCUT2D eigenvalue weighted by Gasteiger charge is 2.21. The third-order valence-electron chi connectivity index (χ3n) is 3.36. The lowest BCUT2D eigenvalue weighted by molar-refractivity contribution is 0.179. The lowest BCUT2D eigenvalue weighted by Gasteiger charge is -2.31. The second kappa shape index (κ2) is 5.49. The van der Waals surface area contributed by atoms with Gasteiger partial charge in [-0.1, -0.05) is 58.0 Å². The average molecular weight is 219 g/mol. The molecule has 0 aliphatic carbocycles. The summed E-state index contributed by atoms with van der Waals surface area (Å²) in [7, 11) is 2.20. The van der Waals surface area contributed by atoms with Crippen molar-refractivity contribution in [3.8, 4) is 0 Å². The molecule has 0 fully saturated rings. The van der Waals surface area contributed by atoms with Gasteiger partial charge in [-0.25, -0.2) is 0 Å². The Morgan fingerprint density at radius 2 is 1.69 bits per heavy atom. The smallest absolute Gasteiger partial charge is 0.0230 e. The maximum atomic E-state index is 2.41. The van der Waals surface area contributed by atoms with Crippen LogP contribution in [0.4, 0.5) is 0 Å². The molecule has 0 radical (unpaired) electrons. The van der Waals surface area contributed by atoms with E-state index in [0.29, 0.717) is 11.3 Å². The van der Waals surface area contributed by atoms with Crippen LogP contribution < -0.4 is 0 Å². The van der Waals surface area contributed by atoms with Crippen LogP contribution in [0.5, 0.6) is 0 Å². The number of hydrogen-bond acceptors (Lipinski definition) is 1. The van der Waals surface area contributed by atoms with Crippen molar-refractivity contribution in [3.63, 3.8) is 0 Å². The van der Waals surface area contributed by atoms with Gasteiger partial charge in [-0.2, -0.15) is 0 Å². The molecule has 1 atom stereocenters. The van der Waals surface area contributed by atoms with Gasteiger partial charge in [0.15, 0.2) is 0 Å². The van der Waals surface area contributed by atoms with Gasteiger partial charge >= 0.3 is 0 Å². The van der Waals surface area contributed by atoms with Gasteiger partial charge in [-0.15, -0.1) is 0 Å². The van der Waals surface area contributed by atoms with Crippen LogP contribution in [0.1, 0.15) is 33.3 Å². The number of hydrogen-bond donors (Lipinski definition) is 0. The highest BCUT2D eigenvalue weighted by molar-refractivity contribution is 5.14. The first-order valence-corrected chi connectivity index (χ1v) is 6.12. The van der Waals surface area contributed by atoms with Crippen LogP contribution in [0, 0.1) is 11.3 Å². The molecule has 0 amide bonds. The quantitative estimate of drug-likeness (QED) is 0.744. The normalized spacial score (nSPS) is 14.1. The van der Waals surface area contributed by atoms with E-state index in [4.69, 9.17) is 0 Å². The first-order chi connectivity index (χ1) is 7.39. The molecule has 0 aliphatic rings. The Hall–Kier alpha value is -0.820. The largest absolute Gasteiger partial charge is 0.302 e. The molecule has 0 saturated carbocycles. The molecule has 0 heterocycles. The second-order valence-corrected chi connectivity index (χ2v) is 5.95. The third kappa shape index (κ3) is 4.36. The second-order valence-electron chi connectivity index (χ2n) is 5.95. The van der Waals surface area contributed by atoms with Crippen LogP contribution >= 0.6 is 0 Å². The maximum Gasteiger partial charge on any atom is 0.0230 e. The molecule has 0 aromatic heterocycles. The Balaban J connectivity index is 2.45. The molecule has 16 heavy (non-hydrogen) atoms. The molecule has 1 aromatic rings. The van der Waals surface area contributed by atoms with Crippen molar-refractivity contribution in [3.05, 3.63) is 35.9 Å². The van der Waals surface area contributed by atoms with Crippen molar-refractivity contribution in [1.82, 2.24) is 4.90 Å². The SMILES string of the molecule is C[C@@H](CN(C)Cc1ccccc1)C(C)(C)C. The molecule has 1 rings (SSSR count). The minimum atomic E-state index is 0.394. The Kier molecular flexibility index (Phi) is 4.55. The molecule has 1 heteroatoms. The van der Waals surface area contributed by atoms with E-state index in [2.05, 4.69) is 70.0 Å². The van der Waals surface area contributed by atoms with Crippen molar-refractivity contribution >= 4 is 0 Å². The first-order valence-electron chi connectivity index (χ1n) is 6.12. The summed E-state index contributed by atoms with van der Waals surface area (Å²) in [4.78, 5) is 2.41. The van der Waals surface area contributed by atoms with Gasteiger partial charge in [0, 0.05) is 13.1 Å². The number of rotatable bonds is 4. The lowest BCUT2D eigenvalue weighted by atomic mass is 9.82. The topological polar surface area (TPSA) is 3.24 Å². The zero-order valence-corrected chi connectivity index (χ0v) is 11.3. The van der Waals surface area contributed by atoms with Crippen LogP contribution in [0.2, 0.25) is 0 Å². The van der Waals surface area contributed by atoms with E-state index in [1.807, 2.05) is 0 Å². The average Bonchev–Trinajstić information content (AvgIpc) is 2.17. The predicted molar refractivity (Wildman–Crippen MR) is 71.4 cm³/mol. The highest BCUT2D eigenvalue weighted by Crippen LogP contribution is 2.25. The number of nitrogens with zero attached hydrogens (tertiary/aromatic N) is 1. The minimum Gasteiger partial charge on any atom is -0.302 e. The van der Waals surface area contributed by atoms with Gasteiger partial charge in [-0.05, 0) is 23.9 Å². The molecule has 1 nitrogen and oxygen atoms in total. The summed E-state index contributed by atoms with van der Waals surface area (Å²) in [6.07, 6.45) is 0. The summed E-state index contributed by atoms with van der Waals surface area (Å²) < 4.78 is 0. The van der Waals surface area contributed by atoms with Crippen molar-refractivity contribution < 1.29 is 0 Å². The van der Waals surface area contributed by atoms with Gasteiger partial charge in [0.05, 0.1) is 0 Å². The summed E-state index contributed by atoms with van der Waals surface area (Å²) in [6.45, 7) is 11.5. The van der Waals surface area contributed by atoms with Crippen LogP contribution in [0.3, 0.4) is 0 Å². The summed E-state index contributed by atoms with van der Waals surface area (Å²) in [5.74, 6) is 0.709. The number of benzene rings is 1. The molecule has 0 saturated heterocycles. The van der Waals surface area contributed by atoms with Gasteiger partial charge in [0.2, 0.25) is 0 Å². The molecule has 0 spiro atoms. The van der Waals surface area contributed by atoms with Crippen molar-refractivity contribution in [1.29, 1.82) is 0 Å². The zero-order chi connectivity index (χ0) is 12.2. The fourth-order valence-corrected chi connectivity index (χ4v) is 1.70. The van der Waals surface area contributed by atoms with Crippen molar-refractivity contribution in [2.24, 2.45) is 11.3 Å². The Bertz CT molecular complexity index is 297. The summed E-state index contributed by atoms with van der Waals surface area (Å²) in [5, 5.41) is 0. The Morgan fingerprint density at radius 3 is 2.19 bits per heavy atom. The van der Waals surface area contributed by atoms with E-state index in [1.165, 1.54) is 5.56 Å². The molecule has 0 bridgehead atoms. The lowest BCUT2D eigenvalue weighted by Crippen LogP contribution is -2.31. The first kappa shape index (κ1) is 13.2. The predicted octanol–water partition coefficient (Wildman–Crippen LogP) is 3.80. The van der Waals surface area contributed by atoms with Crippen LogP contribution in [-0.4, -0.2) is 18.5 Å². The fraction of sp³-hybridized carbons (Fsp3) is 0.600. The van der Waals surface area contributed by atoms with Crippen LogP contribution in [0.15, 0.2) is 30.3 Å². The summed E-state index contributed by atoms with van der Waals surface area (Å²) in [5.41, 5.74) is 1.79. The van der Waals surface area contributed by atoms with E-state index in [1.54, 1.807) is 0 Å². The molecule has 0 N–H and O–H groups in total.